The molecule has 0 spiro atoms. The molecule has 0 unspecified atom stereocenters. The number of rotatable bonds is 2. The molecular weight excluding hydrogens is 200 g/mol. The summed E-state index contributed by atoms with van der Waals surface area (Å²) >= 11 is 0. The first-order valence-electron chi connectivity index (χ1n) is 6.39. The van der Waals surface area contributed by atoms with Gasteiger partial charge in [-0.15, -0.1) is 0 Å². The Kier molecular flexibility index (Phi) is 3.22. The maximum absolute atomic E-state index is 10.1. The minimum atomic E-state index is 0.322. The average Bonchev–Trinajstić information content (AvgIpc) is 2.58. The predicted octanol–water partition coefficient (Wildman–Crippen LogP) is 3.53. The van der Waals surface area contributed by atoms with Gasteiger partial charge in [0.05, 0.1) is 5.69 Å². The first-order valence-corrected chi connectivity index (χ1v) is 6.39. The summed E-state index contributed by atoms with van der Waals surface area (Å²) in [5.41, 5.74) is 1.85. The minimum absolute atomic E-state index is 0.322. The fourth-order valence-electron chi connectivity index (χ4n) is 2.69. The molecule has 3 nitrogen and oxygen atoms in total. The maximum atomic E-state index is 10.1. The summed E-state index contributed by atoms with van der Waals surface area (Å²) in [5, 5.41) is 14.7. The quantitative estimate of drug-likeness (QED) is 0.831. The Labute approximate surface area is 97.5 Å². The molecule has 1 aromatic rings. The Morgan fingerprint density at radius 3 is 2.38 bits per heavy atom. The van der Waals surface area contributed by atoms with Crippen molar-refractivity contribution in [1.29, 1.82) is 0 Å². The van der Waals surface area contributed by atoms with Crippen molar-refractivity contribution < 1.29 is 5.11 Å². The summed E-state index contributed by atoms with van der Waals surface area (Å²) in [5.74, 6) is 0.910. The smallest absolute Gasteiger partial charge is 0.160 e. The van der Waals surface area contributed by atoms with Crippen LogP contribution in [0.25, 0.3) is 0 Å². The van der Waals surface area contributed by atoms with Crippen LogP contribution in [-0.2, 0) is 0 Å². The molecule has 0 saturated heterocycles. The van der Waals surface area contributed by atoms with Crippen molar-refractivity contribution in [2.45, 2.75) is 64.8 Å². The highest BCUT2D eigenvalue weighted by Crippen LogP contribution is 2.38. The first kappa shape index (κ1) is 11.5. The molecule has 1 saturated carbocycles. The first-order chi connectivity index (χ1) is 7.61. The van der Waals surface area contributed by atoms with Gasteiger partial charge >= 0.3 is 0 Å². The van der Waals surface area contributed by atoms with Gasteiger partial charge in [-0.1, -0.05) is 19.3 Å². The van der Waals surface area contributed by atoms with Gasteiger partial charge in [0.1, 0.15) is 5.69 Å². The molecular formula is C13H22N2O. The molecule has 3 heteroatoms. The highest BCUT2D eigenvalue weighted by atomic mass is 16.3. The molecule has 1 N–H and O–H groups in total. The van der Waals surface area contributed by atoms with Crippen molar-refractivity contribution in [2.75, 3.05) is 0 Å². The Balaban J connectivity index is 2.30. The third kappa shape index (κ3) is 1.95. The molecule has 1 aliphatic rings. The van der Waals surface area contributed by atoms with Crippen LogP contribution >= 0.6 is 0 Å². The molecule has 1 aliphatic carbocycles. The SMILES string of the molecule is Cc1c(O)c(C2CCCCC2)nn1C(C)C. The fraction of sp³-hybridized carbons (Fsp3) is 0.769. The molecule has 0 amide bonds. The zero-order valence-corrected chi connectivity index (χ0v) is 10.5. The van der Waals surface area contributed by atoms with Gasteiger partial charge in [-0.05, 0) is 33.6 Å². The van der Waals surface area contributed by atoms with Gasteiger partial charge in [-0.3, -0.25) is 4.68 Å². The van der Waals surface area contributed by atoms with Gasteiger partial charge in [-0.25, -0.2) is 0 Å². The van der Waals surface area contributed by atoms with Crippen molar-refractivity contribution in [3.63, 3.8) is 0 Å². The van der Waals surface area contributed by atoms with Crippen LogP contribution in [0.4, 0.5) is 0 Å². The standard InChI is InChI=1S/C13H22N2O/c1-9(2)15-10(3)13(16)12(14-15)11-7-5-4-6-8-11/h9,11,16H,4-8H2,1-3H3. The Morgan fingerprint density at radius 2 is 1.88 bits per heavy atom. The normalized spacial score (nSPS) is 18.2. The number of hydrogen-bond acceptors (Lipinski definition) is 2. The van der Waals surface area contributed by atoms with E-state index >= 15 is 0 Å². The fourth-order valence-corrected chi connectivity index (χ4v) is 2.69. The van der Waals surface area contributed by atoms with E-state index in [4.69, 9.17) is 0 Å². The van der Waals surface area contributed by atoms with Crippen LogP contribution in [0.3, 0.4) is 0 Å². The van der Waals surface area contributed by atoms with Gasteiger partial charge in [0.25, 0.3) is 0 Å². The average molecular weight is 222 g/mol. The second kappa shape index (κ2) is 4.48. The van der Waals surface area contributed by atoms with Crippen molar-refractivity contribution in [3.05, 3.63) is 11.4 Å². The van der Waals surface area contributed by atoms with Gasteiger partial charge in [0, 0.05) is 12.0 Å². The van der Waals surface area contributed by atoms with E-state index in [9.17, 15) is 5.11 Å². The van der Waals surface area contributed by atoms with E-state index in [0.29, 0.717) is 17.7 Å². The number of nitrogens with zero attached hydrogens (tertiary/aromatic N) is 2. The summed E-state index contributed by atoms with van der Waals surface area (Å²) in [7, 11) is 0. The van der Waals surface area contributed by atoms with Crippen molar-refractivity contribution in [2.24, 2.45) is 0 Å². The largest absolute Gasteiger partial charge is 0.504 e. The van der Waals surface area contributed by atoms with E-state index < -0.39 is 0 Å². The van der Waals surface area contributed by atoms with E-state index in [0.717, 1.165) is 11.4 Å². The van der Waals surface area contributed by atoms with Crippen molar-refractivity contribution in [1.82, 2.24) is 9.78 Å². The van der Waals surface area contributed by atoms with Crippen LogP contribution in [0.2, 0.25) is 0 Å². The Hall–Kier alpha value is -0.990. The highest BCUT2D eigenvalue weighted by molar-refractivity contribution is 5.34. The zero-order chi connectivity index (χ0) is 11.7. The second-order valence-electron chi connectivity index (χ2n) is 5.19. The van der Waals surface area contributed by atoms with E-state index in [1.807, 2.05) is 11.6 Å². The Morgan fingerprint density at radius 1 is 1.25 bits per heavy atom. The number of aromatic hydroxyl groups is 1. The lowest BCUT2D eigenvalue weighted by atomic mass is 9.86. The monoisotopic (exact) mass is 222 g/mol. The minimum Gasteiger partial charge on any atom is -0.504 e. The molecule has 0 aliphatic heterocycles. The summed E-state index contributed by atoms with van der Waals surface area (Å²) in [6.07, 6.45) is 6.25. The lowest BCUT2D eigenvalue weighted by Gasteiger charge is -2.19. The summed E-state index contributed by atoms with van der Waals surface area (Å²) in [6, 6.07) is 0.322. The van der Waals surface area contributed by atoms with Crippen molar-refractivity contribution in [3.8, 4) is 5.75 Å². The highest BCUT2D eigenvalue weighted by Gasteiger charge is 2.24. The van der Waals surface area contributed by atoms with Gasteiger partial charge in [0.2, 0.25) is 0 Å². The molecule has 1 aromatic heterocycles. The zero-order valence-electron chi connectivity index (χ0n) is 10.5. The summed E-state index contributed by atoms with van der Waals surface area (Å²) in [4.78, 5) is 0. The molecule has 0 bridgehead atoms. The molecule has 2 rings (SSSR count). The number of aromatic nitrogens is 2. The van der Waals surface area contributed by atoms with Gasteiger partial charge < -0.3 is 5.11 Å². The molecule has 90 valence electrons. The number of hydrogen-bond donors (Lipinski definition) is 1. The topological polar surface area (TPSA) is 38.1 Å². The lowest BCUT2D eigenvalue weighted by Crippen LogP contribution is -2.08. The van der Waals surface area contributed by atoms with E-state index in [1.165, 1.54) is 32.1 Å². The molecule has 0 aromatic carbocycles. The van der Waals surface area contributed by atoms with Crippen LogP contribution < -0.4 is 0 Å². The third-order valence-corrected chi connectivity index (χ3v) is 3.63. The Bertz CT molecular complexity index is 362. The van der Waals surface area contributed by atoms with Gasteiger partial charge in [0.15, 0.2) is 5.75 Å². The van der Waals surface area contributed by atoms with E-state index in [-0.39, 0.29) is 0 Å². The van der Waals surface area contributed by atoms with Crippen LogP contribution in [0, 0.1) is 6.92 Å². The van der Waals surface area contributed by atoms with Gasteiger partial charge in [-0.2, -0.15) is 5.10 Å². The second-order valence-corrected chi connectivity index (χ2v) is 5.19. The third-order valence-electron chi connectivity index (χ3n) is 3.63. The molecule has 1 heterocycles. The van der Waals surface area contributed by atoms with E-state index in [1.54, 1.807) is 0 Å². The molecule has 0 atom stereocenters. The van der Waals surface area contributed by atoms with Crippen LogP contribution in [0.15, 0.2) is 0 Å². The van der Waals surface area contributed by atoms with Crippen LogP contribution in [-0.4, -0.2) is 14.9 Å². The van der Waals surface area contributed by atoms with Crippen LogP contribution in [0.1, 0.15) is 69.3 Å². The summed E-state index contributed by atoms with van der Waals surface area (Å²) in [6.45, 7) is 6.16. The molecule has 1 fully saturated rings. The van der Waals surface area contributed by atoms with Crippen LogP contribution in [0.5, 0.6) is 5.75 Å². The summed E-state index contributed by atoms with van der Waals surface area (Å²) < 4.78 is 1.94. The van der Waals surface area contributed by atoms with E-state index in [2.05, 4.69) is 18.9 Å². The predicted molar refractivity (Wildman–Crippen MR) is 64.8 cm³/mol. The molecule has 0 radical (unpaired) electrons. The molecule has 16 heavy (non-hydrogen) atoms. The van der Waals surface area contributed by atoms with Crippen molar-refractivity contribution >= 4 is 0 Å². The lowest BCUT2D eigenvalue weighted by molar-refractivity contribution is 0.407. The maximum Gasteiger partial charge on any atom is 0.160 e.